The van der Waals surface area contributed by atoms with Gasteiger partial charge in [0, 0.05) is 35.6 Å². The Balaban J connectivity index is 1.33. The van der Waals surface area contributed by atoms with Gasteiger partial charge in [0.25, 0.3) is 0 Å². The van der Waals surface area contributed by atoms with Crippen LogP contribution in [0.25, 0.3) is 33.1 Å². The molecule has 138 valence electrons. The Labute approximate surface area is 162 Å². The molecule has 3 aromatic heterocycles. The maximum atomic E-state index is 4.55. The van der Waals surface area contributed by atoms with Crippen LogP contribution < -0.4 is 5.32 Å². The second-order valence-electron chi connectivity index (χ2n) is 6.96. The van der Waals surface area contributed by atoms with Crippen LogP contribution in [-0.2, 0) is 0 Å². The van der Waals surface area contributed by atoms with E-state index in [-0.39, 0.29) is 6.04 Å². The van der Waals surface area contributed by atoms with E-state index >= 15 is 0 Å². The summed E-state index contributed by atoms with van der Waals surface area (Å²) in [6.07, 6.45) is 7.36. The van der Waals surface area contributed by atoms with Crippen LogP contribution >= 0.6 is 0 Å². The maximum Gasteiger partial charge on any atom is 0.141 e. The van der Waals surface area contributed by atoms with E-state index in [1.165, 1.54) is 10.8 Å². The van der Waals surface area contributed by atoms with Crippen LogP contribution in [-0.4, -0.2) is 31.3 Å². The van der Waals surface area contributed by atoms with Crippen molar-refractivity contribution in [2.75, 3.05) is 11.9 Å². The number of nitrogens with zero attached hydrogens (tertiary/aromatic N) is 4. The number of aromatic amines is 1. The Hall–Kier alpha value is -3.67. The summed E-state index contributed by atoms with van der Waals surface area (Å²) in [6, 6.07) is 17.0. The number of H-pyrrole nitrogens is 1. The monoisotopic (exact) mass is 368 g/mol. The molecule has 0 aliphatic carbocycles. The first-order valence-electron chi connectivity index (χ1n) is 9.33. The molecule has 0 fully saturated rings. The highest BCUT2D eigenvalue weighted by atomic mass is 15.3. The molecule has 2 aromatic carbocycles. The van der Waals surface area contributed by atoms with E-state index < -0.39 is 0 Å². The Bertz CT molecular complexity index is 1250. The van der Waals surface area contributed by atoms with Crippen LogP contribution in [0.2, 0.25) is 0 Å². The minimum atomic E-state index is 0.198. The van der Waals surface area contributed by atoms with Crippen molar-refractivity contribution in [3.05, 3.63) is 73.4 Å². The Morgan fingerprint density at radius 1 is 1.07 bits per heavy atom. The minimum absolute atomic E-state index is 0.198. The first kappa shape index (κ1) is 16.5. The zero-order chi connectivity index (χ0) is 18.9. The number of benzene rings is 2. The van der Waals surface area contributed by atoms with Crippen molar-refractivity contribution in [2.24, 2.45) is 0 Å². The fourth-order valence-corrected chi connectivity index (χ4v) is 3.46. The summed E-state index contributed by atoms with van der Waals surface area (Å²) in [7, 11) is 0. The molecule has 6 nitrogen and oxygen atoms in total. The van der Waals surface area contributed by atoms with Crippen LogP contribution in [0.3, 0.4) is 0 Å². The standard InChI is InChI=1S/C22H20N6/c1-15(11-24-19-7-6-16-4-2-3-5-17(16)10-19)28-13-18(12-27-28)21-20-8-9-23-22(20)26-14-25-21/h2-10,12-15,24H,11H2,1H3,(H,23,25,26). The van der Waals surface area contributed by atoms with E-state index in [1.807, 2.05) is 29.3 Å². The van der Waals surface area contributed by atoms with Gasteiger partial charge in [-0.25, -0.2) is 9.97 Å². The summed E-state index contributed by atoms with van der Waals surface area (Å²) in [5.41, 5.74) is 3.84. The summed E-state index contributed by atoms with van der Waals surface area (Å²) in [5, 5.41) is 11.6. The summed E-state index contributed by atoms with van der Waals surface area (Å²) >= 11 is 0. The average Bonchev–Trinajstić information content (AvgIpc) is 3.41. The summed E-state index contributed by atoms with van der Waals surface area (Å²) in [6.45, 7) is 2.93. The Kier molecular flexibility index (Phi) is 4.01. The number of hydrogen-bond donors (Lipinski definition) is 2. The van der Waals surface area contributed by atoms with Gasteiger partial charge in [-0.3, -0.25) is 4.68 Å². The first-order valence-corrected chi connectivity index (χ1v) is 9.33. The maximum absolute atomic E-state index is 4.55. The molecule has 0 aliphatic heterocycles. The second kappa shape index (κ2) is 6.81. The number of rotatable bonds is 5. The van der Waals surface area contributed by atoms with Crippen molar-refractivity contribution in [1.29, 1.82) is 0 Å². The summed E-state index contributed by atoms with van der Waals surface area (Å²) in [4.78, 5) is 11.8. The molecule has 0 saturated carbocycles. The van der Waals surface area contributed by atoms with E-state index in [4.69, 9.17) is 0 Å². The van der Waals surface area contributed by atoms with Crippen LogP contribution in [0.4, 0.5) is 5.69 Å². The minimum Gasteiger partial charge on any atom is -0.383 e. The molecule has 2 N–H and O–H groups in total. The van der Waals surface area contributed by atoms with Gasteiger partial charge in [0.1, 0.15) is 12.0 Å². The first-order chi connectivity index (χ1) is 13.8. The van der Waals surface area contributed by atoms with Gasteiger partial charge in [-0.15, -0.1) is 0 Å². The molecule has 0 amide bonds. The number of nitrogens with one attached hydrogen (secondary N) is 2. The smallest absolute Gasteiger partial charge is 0.141 e. The van der Waals surface area contributed by atoms with Crippen LogP contribution in [0.5, 0.6) is 0 Å². The molecule has 0 spiro atoms. The third kappa shape index (κ3) is 2.99. The average molecular weight is 368 g/mol. The Morgan fingerprint density at radius 3 is 2.89 bits per heavy atom. The lowest BCUT2D eigenvalue weighted by atomic mass is 10.1. The van der Waals surface area contributed by atoms with E-state index in [0.717, 1.165) is 34.5 Å². The zero-order valence-corrected chi connectivity index (χ0v) is 15.5. The molecule has 0 aliphatic rings. The van der Waals surface area contributed by atoms with Gasteiger partial charge < -0.3 is 10.3 Å². The van der Waals surface area contributed by atoms with Crippen LogP contribution in [0, 0.1) is 0 Å². The van der Waals surface area contributed by atoms with Gasteiger partial charge in [0.05, 0.1) is 17.9 Å². The van der Waals surface area contributed by atoms with E-state index in [1.54, 1.807) is 6.33 Å². The molecule has 0 radical (unpaired) electrons. The number of fused-ring (bicyclic) bond motifs is 2. The van der Waals surface area contributed by atoms with Crippen LogP contribution in [0.1, 0.15) is 13.0 Å². The molecule has 1 atom stereocenters. The zero-order valence-electron chi connectivity index (χ0n) is 15.5. The normalized spacial score (nSPS) is 12.5. The number of hydrogen-bond acceptors (Lipinski definition) is 4. The van der Waals surface area contributed by atoms with Crippen molar-refractivity contribution in [3.8, 4) is 11.3 Å². The van der Waals surface area contributed by atoms with Crippen molar-refractivity contribution in [2.45, 2.75) is 13.0 Å². The fourth-order valence-electron chi connectivity index (χ4n) is 3.46. The Morgan fingerprint density at radius 2 is 1.96 bits per heavy atom. The second-order valence-corrected chi connectivity index (χ2v) is 6.96. The number of aromatic nitrogens is 5. The summed E-state index contributed by atoms with van der Waals surface area (Å²) < 4.78 is 1.98. The fraction of sp³-hybridized carbons (Fsp3) is 0.136. The number of anilines is 1. The molecule has 5 aromatic rings. The van der Waals surface area contributed by atoms with Crippen molar-refractivity contribution in [1.82, 2.24) is 24.7 Å². The summed E-state index contributed by atoms with van der Waals surface area (Å²) in [5.74, 6) is 0. The van der Waals surface area contributed by atoms with E-state index in [9.17, 15) is 0 Å². The van der Waals surface area contributed by atoms with Crippen molar-refractivity contribution < 1.29 is 0 Å². The predicted molar refractivity (Wildman–Crippen MR) is 112 cm³/mol. The molecular weight excluding hydrogens is 348 g/mol. The van der Waals surface area contributed by atoms with Gasteiger partial charge in [-0.1, -0.05) is 30.3 Å². The lowest BCUT2D eigenvalue weighted by Gasteiger charge is -2.14. The third-order valence-corrected chi connectivity index (χ3v) is 5.03. The molecule has 6 heteroatoms. The lowest BCUT2D eigenvalue weighted by molar-refractivity contribution is 0.512. The molecule has 3 heterocycles. The van der Waals surface area contributed by atoms with Crippen molar-refractivity contribution >= 4 is 27.5 Å². The van der Waals surface area contributed by atoms with Gasteiger partial charge in [-0.2, -0.15) is 5.10 Å². The van der Waals surface area contributed by atoms with Gasteiger partial charge in [-0.05, 0) is 35.9 Å². The van der Waals surface area contributed by atoms with Gasteiger partial charge >= 0.3 is 0 Å². The topological polar surface area (TPSA) is 71.4 Å². The molecule has 0 bridgehead atoms. The van der Waals surface area contributed by atoms with Gasteiger partial charge in [0.15, 0.2) is 0 Å². The predicted octanol–water partition coefficient (Wildman–Crippen LogP) is 4.65. The molecule has 1 unspecified atom stereocenters. The van der Waals surface area contributed by atoms with Crippen molar-refractivity contribution in [3.63, 3.8) is 0 Å². The quantitative estimate of drug-likeness (QED) is 0.474. The molecular formula is C22H20N6. The van der Waals surface area contributed by atoms with E-state index in [0.29, 0.717) is 0 Å². The van der Waals surface area contributed by atoms with Gasteiger partial charge in [0.2, 0.25) is 0 Å². The SMILES string of the molecule is CC(CNc1ccc2ccccc2c1)n1cc(-c2ncnc3[nH]ccc23)cn1. The molecule has 28 heavy (non-hydrogen) atoms. The highest BCUT2D eigenvalue weighted by Crippen LogP contribution is 2.25. The molecule has 0 saturated heterocycles. The highest BCUT2D eigenvalue weighted by molar-refractivity contribution is 5.90. The van der Waals surface area contributed by atoms with Crippen LogP contribution in [0.15, 0.2) is 73.4 Å². The van der Waals surface area contributed by atoms with E-state index in [2.05, 4.69) is 74.8 Å². The lowest BCUT2D eigenvalue weighted by Crippen LogP contribution is -2.16. The largest absolute Gasteiger partial charge is 0.383 e. The molecule has 5 rings (SSSR count). The highest BCUT2D eigenvalue weighted by Gasteiger charge is 2.12. The third-order valence-electron chi connectivity index (χ3n) is 5.03.